The van der Waals surface area contributed by atoms with Gasteiger partial charge in [-0.05, 0) is 56.5 Å². The molecule has 2 saturated heterocycles. The van der Waals surface area contributed by atoms with Crippen molar-refractivity contribution in [3.63, 3.8) is 0 Å². The fourth-order valence-corrected chi connectivity index (χ4v) is 4.45. The molecular weight excluding hydrogens is 316 g/mol. The molecule has 0 aliphatic carbocycles. The smallest absolute Gasteiger partial charge is 0.227 e. The molecule has 0 spiro atoms. The van der Waals surface area contributed by atoms with Crippen LogP contribution in [0.3, 0.4) is 0 Å². The fraction of sp³-hybridized carbons (Fsp3) is 0.650. The van der Waals surface area contributed by atoms with Crippen molar-refractivity contribution in [2.45, 2.75) is 51.1 Å². The van der Waals surface area contributed by atoms with Crippen molar-refractivity contribution in [1.29, 1.82) is 0 Å². The first-order valence-electron chi connectivity index (χ1n) is 9.42. The van der Waals surface area contributed by atoms with Crippen molar-refractivity contribution in [2.24, 2.45) is 0 Å². The van der Waals surface area contributed by atoms with Crippen LogP contribution in [0.4, 0.5) is 0 Å². The summed E-state index contributed by atoms with van der Waals surface area (Å²) < 4.78 is 10.6. The normalized spacial score (nSPS) is 23.9. The first kappa shape index (κ1) is 18.1. The minimum atomic E-state index is 0.234. The van der Waals surface area contributed by atoms with Crippen LogP contribution in [0.2, 0.25) is 0 Å². The van der Waals surface area contributed by atoms with Gasteiger partial charge in [0.2, 0.25) is 5.91 Å². The molecule has 2 aliphatic heterocycles. The minimum absolute atomic E-state index is 0.234. The summed E-state index contributed by atoms with van der Waals surface area (Å²) in [7, 11) is 3.25. The van der Waals surface area contributed by atoms with E-state index < -0.39 is 0 Å². The largest absolute Gasteiger partial charge is 0.493 e. The van der Waals surface area contributed by atoms with Crippen molar-refractivity contribution in [3.8, 4) is 11.5 Å². The number of likely N-dealkylation sites (N-methyl/N-ethyl adjacent to an activating group) is 1. The van der Waals surface area contributed by atoms with Crippen molar-refractivity contribution < 1.29 is 14.3 Å². The fourth-order valence-electron chi connectivity index (χ4n) is 4.45. The van der Waals surface area contributed by atoms with E-state index in [0.29, 0.717) is 30.0 Å². The molecule has 1 amide bonds. The second-order valence-electron chi connectivity index (χ2n) is 7.00. The summed E-state index contributed by atoms with van der Waals surface area (Å²) in [5.74, 6) is 1.61. The van der Waals surface area contributed by atoms with Crippen LogP contribution in [0, 0.1) is 0 Å². The Morgan fingerprint density at radius 1 is 1.08 bits per heavy atom. The van der Waals surface area contributed by atoms with Crippen molar-refractivity contribution in [3.05, 3.63) is 23.8 Å². The number of benzene rings is 1. The Hall–Kier alpha value is -1.75. The lowest BCUT2D eigenvalue weighted by molar-refractivity contribution is -0.132. The first-order chi connectivity index (χ1) is 12.2. The van der Waals surface area contributed by atoms with Crippen LogP contribution in [0.5, 0.6) is 11.5 Å². The quantitative estimate of drug-likeness (QED) is 0.794. The number of hydrogen-bond donors (Lipinski definition) is 0. The van der Waals surface area contributed by atoms with Crippen LogP contribution in [0.1, 0.15) is 38.2 Å². The van der Waals surface area contributed by atoms with E-state index in [-0.39, 0.29) is 5.91 Å². The summed E-state index contributed by atoms with van der Waals surface area (Å²) in [6.07, 6.45) is 5.16. The van der Waals surface area contributed by atoms with Gasteiger partial charge in [-0.25, -0.2) is 0 Å². The number of methoxy groups -OCH3 is 2. The third kappa shape index (κ3) is 3.76. The summed E-state index contributed by atoms with van der Waals surface area (Å²) in [5.41, 5.74) is 0.979. The molecule has 0 aromatic heterocycles. The van der Waals surface area contributed by atoms with E-state index in [0.717, 1.165) is 31.5 Å². The Bertz CT molecular complexity index is 605. The number of carbonyl (C=O) groups excluding carboxylic acids is 1. The molecule has 5 heteroatoms. The highest BCUT2D eigenvalue weighted by Gasteiger charge is 2.38. The molecule has 25 heavy (non-hydrogen) atoms. The maximum Gasteiger partial charge on any atom is 0.227 e. The van der Waals surface area contributed by atoms with Gasteiger partial charge in [0.25, 0.3) is 0 Å². The van der Waals surface area contributed by atoms with Gasteiger partial charge in [0.05, 0.1) is 20.6 Å². The number of rotatable bonds is 6. The van der Waals surface area contributed by atoms with Crippen molar-refractivity contribution in [2.75, 3.05) is 33.9 Å². The molecular formula is C20H30N2O3. The molecule has 0 radical (unpaired) electrons. The van der Waals surface area contributed by atoms with Crippen LogP contribution >= 0.6 is 0 Å². The van der Waals surface area contributed by atoms with E-state index in [4.69, 9.17) is 9.47 Å². The van der Waals surface area contributed by atoms with Crippen molar-refractivity contribution >= 4 is 5.91 Å². The number of amides is 1. The standard InChI is InChI=1S/C20H30N2O3/c1-4-21-11-5-7-16(21)17-8-6-12-22(17)20(23)14-15-9-10-18(24-2)19(13-15)25-3/h9-10,13,16-17H,4-8,11-12,14H2,1-3H3/t16-,17+/m0/s1. The molecule has 2 atom stereocenters. The van der Waals surface area contributed by atoms with E-state index in [2.05, 4.69) is 16.7 Å². The third-order valence-electron chi connectivity index (χ3n) is 5.69. The Labute approximate surface area is 150 Å². The van der Waals surface area contributed by atoms with Crippen molar-refractivity contribution in [1.82, 2.24) is 9.80 Å². The van der Waals surface area contributed by atoms with Gasteiger partial charge < -0.3 is 14.4 Å². The first-order valence-corrected chi connectivity index (χ1v) is 9.42. The molecule has 0 unspecified atom stereocenters. The molecule has 1 aromatic carbocycles. The van der Waals surface area contributed by atoms with Gasteiger partial charge >= 0.3 is 0 Å². The van der Waals surface area contributed by atoms with Crippen LogP contribution < -0.4 is 9.47 Å². The summed E-state index contributed by atoms with van der Waals surface area (Å²) in [4.78, 5) is 17.6. The molecule has 2 aliphatic rings. The lowest BCUT2D eigenvalue weighted by Crippen LogP contribution is -2.48. The highest BCUT2D eigenvalue weighted by Crippen LogP contribution is 2.31. The molecule has 0 N–H and O–H groups in total. The number of likely N-dealkylation sites (tertiary alicyclic amines) is 2. The zero-order chi connectivity index (χ0) is 17.8. The van der Waals surface area contributed by atoms with Crippen LogP contribution in [0.25, 0.3) is 0 Å². The lowest BCUT2D eigenvalue weighted by Gasteiger charge is -2.34. The molecule has 138 valence electrons. The van der Waals surface area contributed by atoms with E-state index >= 15 is 0 Å². The number of nitrogens with zero attached hydrogens (tertiary/aromatic N) is 2. The molecule has 1 aromatic rings. The summed E-state index contributed by atoms with van der Waals surface area (Å²) >= 11 is 0. The second-order valence-corrected chi connectivity index (χ2v) is 7.00. The molecule has 3 rings (SSSR count). The maximum absolute atomic E-state index is 13.0. The van der Waals surface area contributed by atoms with Gasteiger partial charge in [-0.1, -0.05) is 13.0 Å². The van der Waals surface area contributed by atoms with E-state index in [1.807, 2.05) is 18.2 Å². The number of ether oxygens (including phenoxy) is 2. The van der Waals surface area contributed by atoms with E-state index in [1.54, 1.807) is 14.2 Å². The Kier molecular flexibility index (Phi) is 5.84. The monoisotopic (exact) mass is 346 g/mol. The third-order valence-corrected chi connectivity index (χ3v) is 5.69. The highest BCUT2D eigenvalue weighted by atomic mass is 16.5. The predicted molar refractivity (Wildman–Crippen MR) is 98.3 cm³/mol. The minimum Gasteiger partial charge on any atom is -0.493 e. The Morgan fingerprint density at radius 2 is 1.80 bits per heavy atom. The van der Waals surface area contributed by atoms with Gasteiger partial charge in [-0.15, -0.1) is 0 Å². The number of hydrogen-bond acceptors (Lipinski definition) is 4. The second kappa shape index (κ2) is 8.09. The molecule has 5 nitrogen and oxygen atoms in total. The van der Waals surface area contributed by atoms with E-state index in [1.165, 1.54) is 19.4 Å². The van der Waals surface area contributed by atoms with Crippen LogP contribution in [-0.4, -0.2) is 61.6 Å². The topological polar surface area (TPSA) is 42.0 Å². The van der Waals surface area contributed by atoms with Crippen LogP contribution in [0.15, 0.2) is 18.2 Å². The van der Waals surface area contributed by atoms with Crippen LogP contribution in [-0.2, 0) is 11.2 Å². The van der Waals surface area contributed by atoms with Gasteiger partial charge in [0.15, 0.2) is 11.5 Å². The Morgan fingerprint density at radius 3 is 2.52 bits per heavy atom. The molecule has 0 saturated carbocycles. The average molecular weight is 346 g/mol. The van der Waals surface area contributed by atoms with Gasteiger partial charge in [0, 0.05) is 18.6 Å². The van der Waals surface area contributed by atoms with Gasteiger partial charge in [-0.3, -0.25) is 9.69 Å². The van der Waals surface area contributed by atoms with E-state index in [9.17, 15) is 4.79 Å². The summed E-state index contributed by atoms with van der Waals surface area (Å²) in [6, 6.07) is 6.67. The zero-order valence-corrected chi connectivity index (χ0v) is 15.7. The average Bonchev–Trinajstić information content (AvgIpc) is 3.29. The Balaban J connectivity index is 1.70. The maximum atomic E-state index is 13.0. The molecule has 2 heterocycles. The SMILES string of the molecule is CCN1CCC[C@H]1[C@H]1CCCN1C(=O)Cc1ccc(OC)c(OC)c1. The van der Waals surface area contributed by atoms with Gasteiger partial charge in [0.1, 0.15) is 0 Å². The highest BCUT2D eigenvalue weighted by molar-refractivity contribution is 5.79. The summed E-state index contributed by atoms with van der Waals surface area (Å²) in [5, 5.41) is 0. The van der Waals surface area contributed by atoms with Gasteiger partial charge in [-0.2, -0.15) is 0 Å². The lowest BCUT2D eigenvalue weighted by atomic mass is 10.0. The number of carbonyl (C=O) groups is 1. The predicted octanol–water partition coefficient (Wildman–Crippen LogP) is 2.72. The summed E-state index contributed by atoms with van der Waals surface area (Å²) in [6.45, 7) is 5.38. The zero-order valence-electron chi connectivity index (χ0n) is 15.7. The molecule has 0 bridgehead atoms. The molecule has 2 fully saturated rings.